The first kappa shape index (κ1) is 14.8. The topological polar surface area (TPSA) is 81.8 Å². The molecule has 0 aliphatic carbocycles. The lowest BCUT2D eigenvalue weighted by molar-refractivity contribution is -0.385. The van der Waals surface area contributed by atoms with Crippen molar-refractivity contribution in [2.75, 3.05) is 6.61 Å². The van der Waals surface area contributed by atoms with Gasteiger partial charge < -0.3 is 14.6 Å². The van der Waals surface area contributed by atoms with Crippen molar-refractivity contribution in [3.63, 3.8) is 0 Å². The number of aliphatic hydroxyl groups excluding tert-OH is 1. The summed E-state index contributed by atoms with van der Waals surface area (Å²) in [5.41, 5.74) is 0.522. The molecule has 0 fully saturated rings. The Morgan fingerprint density at radius 3 is 2.62 bits per heavy atom. The Bertz CT molecular complexity index is 642. The molecule has 0 saturated heterocycles. The molecule has 21 heavy (non-hydrogen) atoms. The van der Waals surface area contributed by atoms with Gasteiger partial charge in [-0.15, -0.1) is 0 Å². The Labute approximate surface area is 121 Å². The van der Waals surface area contributed by atoms with Gasteiger partial charge in [0.25, 0.3) is 0 Å². The van der Waals surface area contributed by atoms with E-state index in [1.54, 1.807) is 31.2 Å². The van der Waals surface area contributed by atoms with Crippen molar-refractivity contribution in [1.82, 2.24) is 0 Å². The molecule has 2 rings (SSSR count). The van der Waals surface area contributed by atoms with Gasteiger partial charge >= 0.3 is 5.69 Å². The van der Waals surface area contributed by atoms with E-state index < -0.39 is 4.92 Å². The Hall–Kier alpha value is -2.60. The van der Waals surface area contributed by atoms with Crippen LogP contribution in [0.3, 0.4) is 0 Å². The summed E-state index contributed by atoms with van der Waals surface area (Å²) in [5.74, 6) is 1.06. The highest BCUT2D eigenvalue weighted by Crippen LogP contribution is 2.34. The second kappa shape index (κ2) is 6.71. The molecule has 0 aromatic heterocycles. The van der Waals surface area contributed by atoms with Crippen LogP contribution in [0.2, 0.25) is 0 Å². The summed E-state index contributed by atoms with van der Waals surface area (Å²) >= 11 is 0. The molecule has 1 N–H and O–H groups in total. The summed E-state index contributed by atoms with van der Waals surface area (Å²) in [5, 5.41) is 20.2. The largest absolute Gasteiger partial charge is 0.487 e. The van der Waals surface area contributed by atoms with Gasteiger partial charge in [0.15, 0.2) is 0 Å². The van der Waals surface area contributed by atoms with Crippen molar-refractivity contribution < 1.29 is 19.5 Å². The van der Waals surface area contributed by atoms with Crippen LogP contribution in [0.25, 0.3) is 0 Å². The van der Waals surface area contributed by atoms with Crippen LogP contribution < -0.4 is 9.47 Å². The average molecular weight is 289 g/mol. The minimum absolute atomic E-state index is 0.111. The lowest BCUT2D eigenvalue weighted by Gasteiger charge is -2.11. The monoisotopic (exact) mass is 289 g/mol. The second-order valence-corrected chi connectivity index (χ2v) is 4.19. The number of hydrogen-bond acceptors (Lipinski definition) is 5. The minimum Gasteiger partial charge on any atom is -0.487 e. The highest BCUT2D eigenvalue weighted by atomic mass is 16.6. The van der Waals surface area contributed by atoms with E-state index in [1.807, 2.05) is 0 Å². The molecule has 0 heterocycles. The van der Waals surface area contributed by atoms with Crippen LogP contribution in [0, 0.1) is 10.1 Å². The van der Waals surface area contributed by atoms with E-state index >= 15 is 0 Å². The molecule has 0 aliphatic rings. The molecule has 6 heteroatoms. The standard InChI is InChI=1S/C15H15NO5/c1-2-20-15-9-12(7-8-13(15)16(18)19)21-14-6-4-3-5-11(14)10-17/h3-9,17H,2,10H2,1H3. The first-order valence-corrected chi connectivity index (χ1v) is 6.43. The molecule has 110 valence electrons. The Morgan fingerprint density at radius 1 is 1.19 bits per heavy atom. The number of para-hydroxylation sites is 1. The molecule has 0 amide bonds. The number of nitro groups is 1. The number of nitrogens with zero attached hydrogens (tertiary/aromatic N) is 1. The first-order chi connectivity index (χ1) is 10.2. The van der Waals surface area contributed by atoms with Gasteiger partial charge in [0.05, 0.1) is 18.1 Å². The van der Waals surface area contributed by atoms with Crippen molar-refractivity contribution in [2.24, 2.45) is 0 Å². The summed E-state index contributed by atoms with van der Waals surface area (Å²) < 4.78 is 10.9. The third-order valence-corrected chi connectivity index (χ3v) is 2.80. The number of nitro benzene ring substituents is 1. The van der Waals surface area contributed by atoms with Crippen molar-refractivity contribution in [3.8, 4) is 17.2 Å². The maximum Gasteiger partial charge on any atom is 0.311 e. The Kier molecular flexibility index (Phi) is 4.73. The predicted octanol–water partition coefficient (Wildman–Crippen LogP) is 3.28. The summed E-state index contributed by atoms with van der Waals surface area (Å²) in [6, 6.07) is 11.3. The lowest BCUT2D eigenvalue weighted by atomic mass is 10.2. The molecule has 2 aromatic rings. The zero-order valence-electron chi connectivity index (χ0n) is 11.5. The first-order valence-electron chi connectivity index (χ1n) is 6.43. The molecule has 0 aliphatic heterocycles. The van der Waals surface area contributed by atoms with Crippen molar-refractivity contribution in [2.45, 2.75) is 13.5 Å². The van der Waals surface area contributed by atoms with Crippen molar-refractivity contribution in [1.29, 1.82) is 0 Å². The smallest absolute Gasteiger partial charge is 0.311 e. The van der Waals surface area contributed by atoms with Crippen LogP contribution in [0.5, 0.6) is 17.2 Å². The zero-order chi connectivity index (χ0) is 15.2. The van der Waals surface area contributed by atoms with E-state index in [0.717, 1.165) is 0 Å². The molecule has 0 bridgehead atoms. The van der Waals surface area contributed by atoms with Gasteiger partial charge in [-0.2, -0.15) is 0 Å². The van der Waals surface area contributed by atoms with Gasteiger partial charge in [-0.1, -0.05) is 18.2 Å². The Balaban J connectivity index is 2.32. The van der Waals surface area contributed by atoms with Crippen LogP contribution in [0.4, 0.5) is 5.69 Å². The normalized spacial score (nSPS) is 10.2. The van der Waals surface area contributed by atoms with E-state index in [0.29, 0.717) is 23.7 Å². The quantitative estimate of drug-likeness (QED) is 0.652. The fourth-order valence-corrected chi connectivity index (χ4v) is 1.84. The van der Waals surface area contributed by atoms with E-state index in [9.17, 15) is 15.2 Å². The Morgan fingerprint density at radius 2 is 1.95 bits per heavy atom. The number of rotatable bonds is 6. The summed E-state index contributed by atoms with van der Waals surface area (Å²) in [6.45, 7) is 1.91. The number of hydrogen-bond donors (Lipinski definition) is 1. The molecule has 0 radical (unpaired) electrons. The number of ether oxygens (including phenoxy) is 2. The molecule has 0 unspecified atom stereocenters. The van der Waals surface area contributed by atoms with Gasteiger partial charge in [-0.3, -0.25) is 10.1 Å². The molecule has 6 nitrogen and oxygen atoms in total. The molecule has 0 atom stereocenters. The van der Waals surface area contributed by atoms with Crippen LogP contribution >= 0.6 is 0 Å². The summed E-state index contributed by atoms with van der Waals surface area (Å²) in [6.07, 6.45) is 0. The van der Waals surface area contributed by atoms with Crippen LogP contribution in [-0.4, -0.2) is 16.6 Å². The summed E-state index contributed by atoms with van der Waals surface area (Å²) in [7, 11) is 0. The maximum absolute atomic E-state index is 10.9. The lowest BCUT2D eigenvalue weighted by Crippen LogP contribution is -1.98. The van der Waals surface area contributed by atoms with Gasteiger partial charge in [-0.05, 0) is 19.1 Å². The molecule has 0 spiro atoms. The third-order valence-electron chi connectivity index (χ3n) is 2.80. The maximum atomic E-state index is 10.9. The zero-order valence-corrected chi connectivity index (χ0v) is 11.5. The van der Waals surface area contributed by atoms with Crippen molar-refractivity contribution >= 4 is 5.69 Å². The van der Waals surface area contributed by atoms with Crippen LogP contribution in [-0.2, 0) is 6.61 Å². The van der Waals surface area contributed by atoms with Gasteiger partial charge in [0, 0.05) is 17.7 Å². The van der Waals surface area contributed by atoms with Gasteiger partial charge in [-0.25, -0.2) is 0 Å². The van der Waals surface area contributed by atoms with E-state index in [1.165, 1.54) is 18.2 Å². The highest BCUT2D eigenvalue weighted by Gasteiger charge is 2.16. The third kappa shape index (κ3) is 3.49. The molecular formula is C15H15NO5. The second-order valence-electron chi connectivity index (χ2n) is 4.19. The molecular weight excluding hydrogens is 274 g/mol. The molecule has 2 aromatic carbocycles. The number of benzene rings is 2. The summed E-state index contributed by atoms with van der Waals surface area (Å²) in [4.78, 5) is 10.4. The molecule has 0 saturated carbocycles. The van der Waals surface area contributed by atoms with Crippen molar-refractivity contribution in [3.05, 3.63) is 58.1 Å². The van der Waals surface area contributed by atoms with E-state index in [-0.39, 0.29) is 18.0 Å². The van der Waals surface area contributed by atoms with E-state index in [4.69, 9.17) is 9.47 Å². The highest BCUT2D eigenvalue weighted by molar-refractivity contribution is 5.51. The predicted molar refractivity (Wildman–Crippen MR) is 76.7 cm³/mol. The van der Waals surface area contributed by atoms with Crippen LogP contribution in [0.1, 0.15) is 12.5 Å². The average Bonchev–Trinajstić information content (AvgIpc) is 2.48. The van der Waals surface area contributed by atoms with Gasteiger partial charge in [0.1, 0.15) is 11.5 Å². The van der Waals surface area contributed by atoms with E-state index in [2.05, 4.69) is 0 Å². The number of aliphatic hydroxyl groups is 1. The van der Waals surface area contributed by atoms with Gasteiger partial charge in [0.2, 0.25) is 5.75 Å². The van der Waals surface area contributed by atoms with Crippen LogP contribution in [0.15, 0.2) is 42.5 Å². The SMILES string of the molecule is CCOc1cc(Oc2ccccc2CO)ccc1[N+](=O)[O-]. The minimum atomic E-state index is -0.504. The fraction of sp³-hybridized carbons (Fsp3) is 0.200. The fourth-order valence-electron chi connectivity index (χ4n) is 1.84.